The van der Waals surface area contributed by atoms with Crippen LogP contribution in [0.4, 0.5) is 0 Å². The van der Waals surface area contributed by atoms with Crippen LogP contribution in [0, 0.1) is 0 Å². The predicted molar refractivity (Wildman–Crippen MR) is 52.9 cm³/mol. The lowest BCUT2D eigenvalue weighted by Crippen LogP contribution is -2.04. The molecule has 1 rings (SSSR count). The van der Waals surface area contributed by atoms with Gasteiger partial charge in [-0.15, -0.1) is 11.3 Å². The topological polar surface area (TPSA) is 75.1 Å². The quantitative estimate of drug-likeness (QED) is 0.331. The van der Waals surface area contributed by atoms with E-state index in [1.165, 1.54) is 18.4 Å². The fourth-order valence-corrected chi connectivity index (χ4v) is 1.86. The molecule has 0 aliphatic carbocycles. The van der Waals surface area contributed by atoms with Crippen molar-refractivity contribution in [2.75, 3.05) is 7.11 Å². The van der Waals surface area contributed by atoms with Crippen LogP contribution >= 0.6 is 11.3 Å². The summed E-state index contributed by atoms with van der Waals surface area (Å²) in [4.78, 5) is 14.5. The van der Waals surface area contributed by atoms with Gasteiger partial charge in [0.2, 0.25) is 0 Å². The summed E-state index contributed by atoms with van der Waals surface area (Å²) in [6, 6.07) is 1.84. The molecule has 0 unspecified atom stereocenters. The molecule has 0 aliphatic heterocycles. The van der Waals surface area contributed by atoms with Gasteiger partial charge in [-0.25, -0.2) is 0 Å². The molecule has 0 saturated carbocycles. The molecule has 74 valence electrons. The second-order valence-corrected chi connectivity index (χ2v) is 3.51. The maximum Gasteiger partial charge on any atom is 0.310 e. The van der Waals surface area contributed by atoms with Gasteiger partial charge in [-0.05, 0) is 22.5 Å². The zero-order chi connectivity index (χ0) is 10.4. The van der Waals surface area contributed by atoms with Crippen molar-refractivity contribution in [2.45, 2.75) is 13.0 Å². The van der Waals surface area contributed by atoms with E-state index in [0.717, 1.165) is 10.4 Å². The van der Waals surface area contributed by atoms with Crippen LogP contribution in [0.1, 0.15) is 10.4 Å². The van der Waals surface area contributed by atoms with Gasteiger partial charge < -0.3 is 4.74 Å². The lowest BCUT2D eigenvalue weighted by Gasteiger charge is -1.98. The van der Waals surface area contributed by atoms with E-state index in [0.29, 0.717) is 0 Å². The van der Waals surface area contributed by atoms with E-state index in [4.69, 9.17) is 5.53 Å². The van der Waals surface area contributed by atoms with Crippen molar-refractivity contribution in [2.24, 2.45) is 5.11 Å². The smallest absolute Gasteiger partial charge is 0.310 e. The van der Waals surface area contributed by atoms with Gasteiger partial charge in [0.1, 0.15) is 0 Å². The molecule has 0 aliphatic rings. The second-order valence-electron chi connectivity index (χ2n) is 2.51. The first kappa shape index (κ1) is 10.6. The third-order valence-corrected chi connectivity index (χ3v) is 2.64. The van der Waals surface area contributed by atoms with E-state index in [9.17, 15) is 4.79 Å². The summed E-state index contributed by atoms with van der Waals surface area (Å²) >= 11 is 1.46. The first-order chi connectivity index (χ1) is 6.77. The first-order valence-corrected chi connectivity index (χ1v) is 4.78. The molecule has 0 aromatic carbocycles. The molecular weight excluding hydrogens is 202 g/mol. The maximum absolute atomic E-state index is 11.0. The third-order valence-electron chi connectivity index (χ3n) is 1.67. The molecular formula is C8H9N3O2S. The highest BCUT2D eigenvalue weighted by Gasteiger charge is 2.08. The summed E-state index contributed by atoms with van der Waals surface area (Å²) in [5, 5.41) is 5.30. The van der Waals surface area contributed by atoms with Crippen molar-refractivity contribution < 1.29 is 9.53 Å². The van der Waals surface area contributed by atoms with Crippen LogP contribution in [0.5, 0.6) is 0 Å². The molecule has 0 spiro atoms. The molecule has 0 saturated heterocycles. The van der Waals surface area contributed by atoms with Gasteiger partial charge in [0.25, 0.3) is 0 Å². The lowest BCUT2D eigenvalue weighted by atomic mass is 10.2. The van der Waals surface area contributed by atoms with Crippen molar-refractivity contribution in [3.05, 3.63) is 32.3 Å². The van der Waals surface area contributed by atoms with E-state index in [1.807, 2.05) is 11.4 Å². The fraction of sp³-hybridized carbons (Fsp3) is 0.375. The zero-order valence-electron chi connectivity index (χ0n) is 7.64. The molecule has 14 heavy (non-hydrogen) atoms. The summed E-state index contributed by atoms with van der Waals surface area (Å²) in [5.74, 6) is -0.283. The van der Waals surface area contributed by atoms with Gasteiger partial charge in [-0.3, -0.25) is 4.79 Å². The molecule has 1 aromatic heterocycles. The summed E-state index contributed by atoms with van der Waals surface area (Å²) in [5.41, 5.74) is 9.04. The van der Waals surface area contributed by atoms with E-state index in [-0.39, 0.29) is 18.9 Å². The minimum Gasteiger partial charge on any atom is -0.469 e. The Balaban J connectivity index is 2.71. The largest absolute Gasteiger partial charge is 0.469 e. The van der Waals surface area contributed by atoms with Gasteiger partial charge in [0.05, 0.1) is 20.1 Å². The minimum absolute atomic E-state index is 0.241. The highest BCUT2D eigenvalue weighted by molar-refractivity contribution is 7.10. The van der Waals surface area contributed by atoms with Gasteiger partial charge in [-0.2, -0.15) is 0 Å². The number of methoxy groups -OCH3 is 1. The number of ether oxygens (including phenoxy) is 1. The summed E-state index contributed by atoms with van der Waals surface area (Å²) < 4.78 is 4.55. The standard InChI is InChI=1S/C8H9N3O2S/c1-13-8(12)4-7-6(2-3-14-7)5-10-11-9/h2-3H,4-5H2,1H3. The Hall–Kier alpha value is -1.52. The number of rotatable bonds is 4. The Morgan fingerprint density at radius 1 is 1.79 bits per heavy atom. The van der Waals surface area contributed by atoms with E-state index >= 15 is 0 Å². The van der Waals surface area contributed by atoms with Crippen molar-refractivity contribution in [3.8, 4) is 0 Å². The number of hydrogen-bond acceptors (Lipinski definition) is 4. The minimum atomic E-state index is -0.283. The fourth-order valence-electron chi connectivity index (χ4n) is 0.974. The molecule has 1 aromatic rings. The van der Waals surface area contributed by atoms with Crippen LogP contribution < -0.4 is 0 Å². The highest BCUT2D eigenvalue weighted by Crippen LogP contribution is 2.18. The van der Waals surface area contributed by atoms with Gasteiger partial charge in [0, 0.05) is 9.79 Å². The first-order valence-electron chi connectivity index (χ1n) is 3.91. The number of carbonyl (C=O) groups excluding carboxylic acids is 1. The van der Waals surface area contributed by atoms with Gasteiger partial charge >= 0.3 is 5.97 Å². The number of hydrogen-bond donors (Lipinski definition) is 0. The van der Waals surface area contributed by atoms with Crippen LogP contribution in [0.2, 0.25) is 0 Å². The Morgan fingerprint density at radius 2 is 2.57 bits per heavy atom. The Kier molecular flexibility index (Phi) is 3.97. The summed E-state index contributed by atoms with van der Waals surface area (Å²) in [7, 11) is 1.35. The molecule has 0 bridgehead atoms. The Morgan fingerprint density at radius 3 is 3.21 bits per heavy atom. The molecule has 1 heterocycles. The van der Waals surface area contributed by atoms with Gasteiger partial charge in [-0.1, -0.05) is 5.11 Å². The Bertz CT molecular complexity index is 368. The van der Waals surface area contributed by atoms with E-state index < -0.39 is 0 Å². The summed E-state index contributed by atoms with van der Waals surface area (Å²) in [6.07, 6.45) is 0.241. The molecule has 0 radical (unpaired) electrons. The SMILES string of the molecule is COC(=O)Cc1sccc1CN=[N+]=[N-]. The average molecular weight is 211 g/mol. The van der Waals surface area contributed by atoms with E-state index in [2.05, 4.69) is 14.8 Å². The van der Waals surface area contributed by atoms with Crippen molar-refractivity contribution >= 4 is 17.3 Å². The lowest BCUT2D eigenvalue weighted by molar-refractivity contribution is -0.139. The van der Waals surface area contributed by atoms with Crippen molar-refractivity contribution in [3.63, 3.8) is 0 Å². The molecule has 0 amide bonds. The molecule has 6 heteroatoms. The highest BCUT2D eigenvalue weighted by atomic mass is 32.1. The Labute approximate surface area is 84.9 Å². The predicted octanol–water partition coefficient (Wildman–Crippen LogP) is 2.27. The number of azide groups is 1. The summed E-state index contributed by atoms with van der Waals surface area (Å²) in [6.45, 7) is 0.284. The van der Waals surface area contributed by atoms with Crippen LogP contribution in [0.15, 0.2) is 16.6 Å². The molecule has 0 fully saturated rings. The van der Waals surface area contributed by atoms with Crippen LogP contribution in [-0.4, -0.2) is 13.1 Å². The zero-order valence-corrected chi connectivity index (χ0v) is 8.45. The normalized spacial score (nSPS) is 9.21. The van der Waals surface area contributed by atoms with Gasteiger partial charge in [0.15, 0.2) is 0 Å². The van der Waals surface area contributed by atoms with Crippen LogP contribution in [-0.2, 0) is 22.5 Å². The average Bonchev–Trinajstić information content (AvgIpc) is 2.62. The monoisotopic (exact) mass is 211 g/mol. The van der Waals surface area contributed by atoms with Crippen LogP contribution in [0.25, 0.3) is 10.4 Å². The van der Waals surface area contributed by atoms with Crippen molar-refractivity contribution in [1.29, 1.82) is 0 Å². The van der Waals surface area contributed by atoms with Crippen LogP contribution in [0.3, 0.4) is 0 Å². The number of carbonyl (C=O) groups is 1. The maximum atomic E-state index is 11.0. The molecule has 5 nitrogen and oxygen atoms in total. The van der Waals surface area contributed by atoms with Crippen molar-refractivity contribution in [1.82, 2.24) is 0 Å². The van der Waals surface area contributed by atoms with E-state index in [1.54, 1.807) is 0 Å². The molecule has 0 N–H and O–H groups in total. The second kappa shape index (κ2) is 5.26. The number of thiophene rings is 1. The molecule has 0 atom stereocenters. The number of nitrogens with zero attached hydrogens (tertiary/aromatic N) is 3. The third kappa shape index (κ3) is 2.76. The number of esters is 1.